The molecule has 4 rings (SSSR count). The van der Waals surface area contributed by atoms with E-state index in [0.717, 1.165) is 24.5 Å². The Morgan fingerprint density at radius 3 is 2.52 bits per heavy atom. The third-order valence-electron chi connectivity index (χ3n) is 5.10. The zero-order valence-electron chi connectivity index (χ0n) is 16.8. The van der Waals surface area contributed by atoms with Crippen LogP contribution >= 0.6 is 11.3 Å². The predicted octanol–water partition coefficient (Wildman–Crippen LogP) is 4.50. The number of nitrogens with zero attached hydrogens (tertiary/aromatic N) is 1. The lowest BCUT2D eigenvalue weighted by Gasteiger charge is -2.14. The van der Waals surface area contributed by atoms with Gasteiger partial charge in [0.1, 0.15) is 5.75 Å². The highest BCUT2D eigenvalue weighted by Gasteiger charge is 2.51. The van der Waals surface area contributed by atoms with Gasteiger partial charge in [0, 0.05) is 17.6 Å². The first kappa shape index (κ1) is 21.9. The van der Waals surface area contributed by atoms with E-state index in [4.69, 9.17) is 4.74 Å². The van der Waals surface area contributed by atoms with Crippen molar-refractivity contribution in [3.05, 3.63) is 51.7 Å². The van der Waals surface area contributed by atoms with Crippen LogP contribution in [0.15, 0.2) is 41.8 Å². The Morgan fingerprint density at radius 1 is 1.26 bits per heavy atom. The number of halogens is 2. The molecule has 31 heavy (non-hydrogen) atoms. The van der Waals surface area contributed by atoms with Crippen molar-refractivity contribution in [1.82, 2.24) is 10.3 Å². The van der Waals surface area contributed by atoms with Crippen LogP contribution in [-0.2, 0) is 15.8 Å². The number of thiazole rings is 1. The van der Waals surface area contributed by atoms with Gasteiger partial charge in [-0.15, -0.1) is 11.3 Å². The molecular weight excluding hydrogens is 446 g/mol. The normalized spacial score (nSPS) is 18.2. The van der Waals surface area contributed by atoms with Gasteiger partial charge in [-0.05, 0) is 43.7 Å². The fourth-order valence-electron chi connectivity index (χ4n) is 3.10. The van der Waals surface area contributed by atoms with Crippen LogP contribution in [-0.4, -0.2) is 31.6 Å². The zero-order valence-corrected chi connectivity index (χ0v) is 18.4. The first-order chi connectivity index (χ1) is 14.6. The molecule has 2 aliphatic rings. The first-order valence-corrected chi connectivity index (χ1v) is 12.7. The molecule has 0 saturated heterocycles. The van der Waals surface area contributed by atoms with Gasteiger partial charge < -0.3 is 10.1 Å². The number of hydrogen-bond acceptors (Lipinski definition) is 6. The third kappa shape index (κ3) is 5.48. The molecule has 2 aromatic rings. The van der Waals surface area contributed by atoms with Crippen molar-refractivity contribution in [2.45, 2.75) is 37.6 Å². The molecule has 1 aromatic heterocycles. The topological polar surface area (TPSA) is 85.4 Å². The van der Waals surface area contributed by atoms with Gasteiger partial charge in [-0.25, -0.2) is 8.42 Å². The Morgan fingerprint density at radius 2 is 1.94 bits per heavy atom. The average Bonchev–Trinajstić information content (AvgIpc) is 3.62. The highest BCUT2D eigenvalue weighted by Crippen LogP contribution is 2.51. The van der Waals surface area contributed by atoms with Gasteiger partial charge >= 0.3 is 5.92 Å². The first-order valence-electron chi connectivity index (χ1n) is 9.94. The molecule has 0 bridgehead atoms. The summed E-state index contributed by atoms with van der Waals surface area (Å²) in [5.41, 5.74) is 0. The summed E-state index contributed by atoms with van der Waals surface area (Å²) in [5.74, 6) is -4.19. The van der Waals surface area contributed by atoms with E-state index in [0.29, 0.717) is 29.9 Å². The summed E-state index contributed by atoms with van der Waals surface area (Å²) in [4.78, 5) is 16.9. The molecule has 0 aliphatic heterocycles. The maximum absolute atomic E-state index is 14.7. The molecule has 2 fully saturated rings. The highest BCUT2D eigenvalue weighted by atomic mass is 32.2. The minimum Gasteiger partial charge on any atom is -0.437 e. The van der Waals surface area contributed by atoms with Gasteiger partial charge in [0.15, 0.2) is 19.7 Å². The lowest BCUT2D eigenvalue weighted by atomic mass is 10.2. The summed E-state index contributed by atoms with van der Waals surface area (Å²) >= 11 is 0.619. The van der Waals surface area contributed by atoms with E-state index in [1.54, 1.807) is 30.3 Å². The number of sulfone groups is 1. The average molecular weight is 469 g/mol. The maximum atomic E-state index is 14.7. The van der Waals surface area contributed by atoms with Gasteiger partial charge in [-0.1, -0.05) is 24.3 Å². The number of hydrogen-bond donors (Lipinski definition) is 1. The van der Waals surface area contributed by atoms with E-state index >= 15 is 0 Å². The quantitative estimate of drug-likeness (QED) is 0.586. The van der Waals surface area contributed by atoms with Crippen molar-refractivity contribution in [3.8, 4) is 11.6 Å². The standard InChI is InChI=1S/C21H22F2N2O4S2/c1-31(27,28)12-11-16(13-7-8-13)24-18(26)17-19(29-15-5-3-2-4-6-15)25-20(30-17)21(22,23)14-9-10-14/h2-6,11-14,16H,7-10H2,1H3,(H,24,26)/b12-11+/t16-/m1/s1. The van der Waals surface area contributed by atoms with E-state index in [2.05, 4.69) is 10.3 Å². The molecule has 1 atom stereocenters. The number of aromatic nitrogens is 1. The maximum Gasteiger partial charge on any atom is 0.301 e. The van der Waals surface area contributed by atoms with Crippen LogP contribution < -0.4 is 10.1 Å². The second kappa shape index (κ2) is 8.31. The molecule has 0 radical (unpaired) electrons. The SMILES string of the molecule is CS(=O)(=O)/C=C/[C@@H](NC(=O)c1sc(C(F)(F)C2CC2)nc1Oc1ccccc1)C1CC1. The summed E-state index contributed by atoms with van der Waals surface area (Å²) in [5, 5.41) is 3.37. The van der Waals surface area contributed by atoms with Crippen molar-refractivity contribution in [2.24, 2.45) is 11.8 Å². The molecule has 0 spiro atoms. The van der Waals surface area contributed by atoms with Crippen molar-refractivity contribution in [3.63, 3.8) is 0 Å². The number of amides is 1. The minimum absolute atomic E-state index is 0.0578. The number of nitrogens with one attached hydrogen (secondary N) is 1. The summed E-state index contributed by atoms with van der Waals surface area (Å²) in [7, 11) is -3.36. The van der Waals surface area contributed by atoms with Crippen LogP contribution in [0.2, 0.25) is 0 Å². The Balaban J connectivity index is 1.62. The van der Waals surface area contributed by atoms with E-state index in [-0.39, 0.29) is 16.7 Å². The van der Waals surface area contributed by atoms with Gasteiger partial charge in [-0.2, -0.15) is 13.8 Å². The van der Waals surface area contributed by atoms with Crippen molar-refractivity contribution in [2.75, 3.05) is 6.26 Å². The molecular formula is C21H22F2N2O4S2. The van der Waals surface area contributed by atoms with E-state index < -0.39 is 38.6 Å². The smallest absolute Gasteiger partial charge is 0.301 e. The van der Waals surface area contributed by atoms with Crippen molar-refractivity contribution >= 4 is 27.1 Å². The summed E-state index contributed by atoms with van der Waals surface area (Å²) in [6, 6.07) is 7.99. The largest absolute Gasteiger partial charge is 0.437 e. The number of carbonyl (C=O) groups excluding carboxylic acids is 1. The van der Waals surface area contributed by atoms with Gasteiger partial charge in [-0.3, -0.25) is 4.79 Å². The number of rotatable bonds is 9. The van der Waals surface area contributed by atoms with E-state index in [1.807, 2.05) is 0 Å². The molecule has 166 valence electrons. The molecule has 1 N–H and O–H groups in total. The molecule has 2 saturated carbocycles. The van der Waals surface area contributed by atoms with Crippen LogP contribution in [0.3, 0.4) is 0 Å². The fraction of sp³-hybridized carbons (Fsp3) is 0.429. The van der Waals surface area contributed by atoms with Crippen LogP contribution in [0.1, 0.15) is 40.4 Å². The fourth-order valence-corrected chi connectivity index (χ4v) is 4.51. The summed E-state index contributed by atoms with van der Waals surface area (Å²) in [6.07, 6.45) is 5.03. The monoisotopic (exact) mass is 468 g/mol. The molecule has 1 amide bonds. The highest BCUT2D eigenvalue weighted by molar-refractivity contribution is 7.93. The van der Waals surface area contributed by atoms with Gasteiger partial charge in [0.2, 0.25) is 5.88 Å². The van der Waals surface area contributed by atoms with Crippen LogP contribution in [0.25, 0.3) is 0 Å². The number of carbonyl (C=O) groups is 1. The molecule has 0 unspecified atom stereocenters. The minimum atomic E-state index is -3.36. The number of para-hydroxylation sites is 1. The number of benzene rings is 1. The second-order valence-electron chi connectivity index (χ2n) is 7.96. The van der Waals surface area contributed by atoms with Crippen LogP contribution in [0.4, 0.5) is 8.78 Å². The van der Waals surface area contributed by atoms with E-state index in [9.17, 15) is 22.0 Å². The Bertz CT molecular complexity index is 1090. The van der Waals surface area contributed by atoms with Crippen LogP contribution in [0, 0.1) is 11.8 Å². The molecule has 1 aromatic carbocycles. The van der Waals surface area contributed by atoms with Gasteiger partial charge in [0.05, 0.1) is 6.04 Å². The zero-order chi connectivity index (χ0) is 22.2. The predicted molar refractivity (Wildman–Crippen MR) is 113 cm³/mol. The molecule has 2 aliphatic carbocycles. The Kier molecular flexibility index (Phi) is 5.87. The number of alkyl halides is 2. The lowest BCUT2D eigenvalue weighted by Crippen LogP contribution is -2.34. The van der Waals surface area contributed by atoms with Gasteiger partial charge in [0.25, 0.3) is 5.91 Å². The number of ether oxygens (including phenoxy) is 1. The molecule has 10 heteroatoms. The Hall–Kier alpha value is -2.33. The summed E-state index contributed by atoms with van der Waals surface area (Å²) in [6.45, 7) is 0. The Labute approximate surface area is 183 Å². The lowest BCUT2D eigenvalue weighted by molar-refractivity contribution is -0.0289. The molecule has 6 nitrogen and oxygen atoms in total. The molecule has 1 heterocycles. The second-order valence-corrected chi connectivity index (χ2v) is 10.9. The van der Waals surface area contributed by atoms with E-state index in [1.165, 1.54) is 6.08 Å². The van der Waals surface area contributed by atoms with Crippen molar-refractivity contribution < 1.29 is 26.7 Å². The summed E-state index contributed by atoms with van der Waals surface area (Å²) < 4.78 is 57.9. The van der Waals surface area contributed by atoms with Crippen molar-refractivity contribution in [1.29, 1.82) is 0 Å². The van der Waals surface area contributed by atoms with Crippen LogP contribution in [0.5, 0.6) is 11.6 Å². The third-order valence-corrected chi connectivity index (χ3v) is 6.87.